The zero-order valence-electron chi connectivity index (χ0n) is 14.4. The number of urea groups is 1. The summed E-state index contributed by atoms with van der Waals surface area (Å²) in [4.78, 5) is 14.4. The molecule has 0 bridgehead atoms. The minimum absolute atomic E-state index is 0.0560. The van der Waals surface area contributed by atoms with Crippen LogP contribution in [0.3, 0.4) is 0 Å². The summed E-state index contributed by atoms with van der Waals surface area (Å²) in [6.07, 6.45) is 5.15. The minimum Gasteiger partial charge on any atom is -0.497 e. The van der Waals surface area contributed by atoms with Crippen LogP contribution in [0.1, 0.15) is 50.0 Å². The van der Waals surface area contributed by atoms with Crippen LogP contribution in [0.2, 0.25) is 0 Å². The van der Waals surface area contributed by atoms with Crippen molar-refractivity contribution in [3.8, 4) is 5.75 Å². The molecule has 24 heavy (non-hydrogen) atoms. The number of nitrogens with zero attached hydrogens (tertiary/aromatic N) is 1. The van der Waals surface area contributed by atoms with Gasteiger partial charge in [-0.1, -0.05) is 12.1 Å². The first-order chi connectivity index (χ1) is 11.7. The first kappa shape index (κ1) is 17.1. The summed E-state index contributed by atoms with van der Waals surface area (Å²) in [5.41, 5.74) is 1.30. The van der Waals surface area contributed by atoms with Gasteiger partial charge in [-0.05, 0) is 62.1 Å². The molecule has 1 saturated carbocycles. The monoisotopic (exact) mass is 332 g/mol. The number of carbonyl (C=O) groups is 1. The molecule has 0 atom stereocenters. The minimum atomic E-state index is -0.184. The zero-order valence-corrected chi connectivity index (χ0v) is 14.4. The molecule has 1 aromatic rings. The fraction of sp³-hybridized carbons (Fsp3) is 0.632. The molecule has 0 radical (unpaired) electrons. The maximum absolute atomic E-state index is 12.4. The molecule has 5 heteroatoms. The van der Waals surface area contributed by atoms with Crippen LogP contribution in [-0.2, 0) is 0 Å². The molecule has 132 valence electrons. The Morgan fingerprint density at radius 1 is 1.17 bits per heavy atom. The Kier molecular flexibility index (Phi) is 5.61. The largest absolute Gasteiger partial charge is 0.497 e. The van der Waals surface area contributed by atoms with E-state index >= 15 is 0 Å². The van der Waals surface area contributed by atoms with Gasteiger partial charge in [0.25, 0.3) is 0 Å². The van der Waals surface area contributed by atoms with Crippen molar-refractivity contribution in [1.29, 1.82) is 0 Å². The lowest BCUT2D eigenvalue weighted by Crippen LogP contribution is -2.48. The van der Waals surface area contributed by atoms with Gasteiger partial charge >= 0.3 is 6.03 Å². The van der Waals surface area contributed by atoms with E-state index in [1.165, 1.54) is 5.56 Å². The predicted octanol–water partition coefficient (Wildman–Crippen LogP) is 2.89. The molecule has 2 aliphatic rings. The number of benzene rings is 1. The van der Waals surface area contributed by atoms with Crippen LogP contribution >= 0.6 is 0 Å². The number of aliphatic hydroxyl groups excluding tert-OH is 1. The molecule has 1 heterocycles. The average Bonchev–Trinajstić information content (AvgIpc) is 2.64. The van der Waals surface area contributed by atoms with E-state index in [1.54, 1.807) is 7.11 Å². The van der Waals surface area contributed by atoms with Crippen molar-refractivity contribution in [3.05, 3.63) is 29.8 Å². The standard InChI is InChI=1S/C19H28N2O3/c1-24-18-4-2-3-15(13-18)14-9-11-21(12-10-14)19(23)20-16-5-7-17(22)8-6-16/h2-4,13-14,16-17,22H,5-12H2,1H3,(H,20,23). The number of carbonyl (C=O) groups excluding carboxylic acids is 1. The maximum atomic E-state index is 12.4. The second kappa shape index (κ2) is 7.88. The number of methoxy groups -OCH3 is 1. The molecule has 1 aromatic carbocycles. The molecular formula is C19H28N2O3. The highest BCUT2D eigenvalue weighted by atomic mass is 16.5. The Hall–Kier alpha value is -1.75. The number of aliphatic hydroxyl groups is 1. The molecule has 1 aliphatic carbocycles. The van der Waals surface area contributed by atoms with Crippen LogP contribution in [-0.4, -0.2) is 48.4 Å². The van der Waals surface area contributed by atoms with E-state index in [1.807, 2.05) is 17.0 Å². The summed E-state index contributed by atoms with van der Waals surface area (Å²) in [6, 6.07) is 8.53. The number of amides is 2. The molecule has 0 aromatic heterocycles. The summed E-state index contributed by atoms with van der Waals surface area (Å²) >= 11 is 0. The van der Waals surface area contributed by atoms with Gasteiger partial charge < -0.3 is 20.1 Å². The number of hydrogen-bond acceptors (Lipinski definition) is 3. The van der Waals surface area contributed by atoms with Gasteiger partial charge in [-0.3, -0.25) is 0 Å². The first-order valence-electron chi connectivity index (χ1n) is 9.03. The highest BCUT2D eigenvalue weighted by molar-refractivity contribution is 5.74. The third-order valence-electron chi connectivity index (χ3n) is 5.37. The molecular weight excluding hydrogens is 304 g/mol. The van der Waals surface area contributed by atoms with E-state index in [2.05, 4.69) is 17.4 Å². The maximum Gasteiger partial charge on any atom is 0.317 e. The van der Waals surface area contributed by atoms with Gasteiger partial charge in [-0.2, -0.15) is 0 Å². The van der Waals surface area contributed by atoms with Crippen LogP contribution in [0.15, 0.2) is 24.3 Å². The van der Waals surface area contributed by atoms with Crippen molar-refractivity contribution >= 4 is 6.03 Å². The molecule has 3 rings (SSSR count). The molecule has 2 N–H and O–H groups in total. The second-order valence-electron chi connectivity index (χ2n) is 6.99. The SMILES string of the molecule is COc1cccc(C2CCN(C(=O)NC3CCC(O)CC3)CC2)c1. The van der Waals surface area contributed by atoms with Crippen LogP contribution < -0.4 is 10.1 Å². The molecule has 1 aliphatic heterocycles. The van der Waals surface area contributed by atoms with Gasteiger partial charge in [0.1, 0.15) is 5.75 Å². The lowest BCUT2D eigenvalue weighted by Gasteiger charge is -2.34. The second-order valence-corrected chi connectivity index (χ2v) is 6.99. The van der Waals surface area contributed by atoms with E-state index in [4.69, 9.17) is 4.74 Å². The highest BCUT2D eigenvalue weighted by Gasteiger charge is 2.27. The Labute approximate surface area is 144 Å². The lowest BCUT2D eigenvalue weighted by atomic mass is 9.89. The quantitative estimate of drug-likeness (QED) is 0.895. The number of likely N-dealkylation sites (tertiary alicyclic amines) is 1. The number of nitrogens with one attached hydrogen (secondary N) is 1. The average molecular weight is 332 g/mol. The smallest absolute Gasteiger partial charge is 0.317 e. The number of hydrogen-bond donors (Lipinski definition) is 2. The zero-order chi connectivity index (χ0) is 16.9. The van der Waals surface area contributed by atoms with Crippen molar-refractivity contribution < 1.29 is 14.6 Å². The highest BCUT2D eigenvalue weighted by Crippen LogP contribution is 2.30. The van der Waals surface area contributed by atoms with Crippen molar-refractivity contribution in [2.45, 2.75) is 56.6 Å². The van der Waals surface area contributed by atoms with Crippen LogP contribution in [0, 0.1) is 0 Å². The molecule has 0 unspecified atom stereocenters. The van der Waals surface area contributed by atoms with E-state index < -0.39 is 0 Å². The van der Waals surface area contributed by atoms with Crippen molar-refractivity contribution in [3.63, 3.8) is 0 Å². The van der Waals surface area contributed by atoms with Crippen LogP contribution in [0.4, 0.5) is 4.79 Å². The lowest BCUT2D eigenvalue weighted by molar-refractivity contribution is 0.114. The predicted molar refractivity (Wildman–Crippen MR) is 93.3 cm³/mol. The van der Waals surface area contributed by atoms with E-state index in [0.29, 0.717) is 5.92 Å². The molecule has 2 fully saturated rings. The van der Waals surface area contributed by atoms with Gasteiger partial charge in [-0.15, -0.1) is 0 Å². The molecule has 2 amide bonds. The fourth-order valence-electron chi connectivity index (χ4n) is 3.80. The number of rotatable bonds is 3. The number of ether oxygens (including phenoxy) is 1. The van der Waals surface area contributed by atoms with E-state index in [-0.39, 0.29) is 18.2 Å². The van der Waals surface area contributed by atoms with Gasteiger partial charge in [0.2, 0.25) is 0 Å². The third-order valence-corrected chi connectivity index (χ3v) is 5.37. The van der Waals surface area contributed by atoms with Crippen LogP contribution in [0.5, 0.6) is 5.75 Å². The van der Waals surface area contributed by atoms with Gasteiger partial charge in [0.05, 0.1) is 13.2 Å². The Morgan fingerprint density at radius 2 is 1.88 bits per heavy atom. The number of piperidine rings is 1. The van der Waals surface area contributed by atoms with Crippen molar-refractivity contribution in [2.24, 2.45) is 0 Å². The summed E-state index contributed by atoms with van der Waals surface area (Å²) < 4.78 is 5.30. The summed E-state index contributed by atoms with van der Waals surface area (Å²) in [6.45, 7) is 1.59. The molecule has 1 saturated heterocycles. The van der Waals surface area contributed by atoms with Crippen molar-refractivity contribution in [1.82, 2.24) is 10.2 Å². The van der Waals surface area contributed by atoms with Crippen molar-refractivity contribution in [2.75, 3.05) is 20.2 Å². The summed E-state index contributed by atoms with van der Waals surface area (Å²) in [5, 5.41) is 12.7. The van der Waals surface area contributed by atoms with E-state index in [9.17, 15) is 9.90 Å². The topological polar surface area (TPSA) is 61.8 Å². The molecule has 0 spiro atoms. The normalized spacial score (nSPS) is 25.3. The first-order valence-corrected chi connectivity index (χ1v) is 9.03. The van der Waals surface area contributed by atoms with Gasteiger partial charge in [-0.25, -0.2) is 4.79 Å². The third kappa shape index (κ3) is 4.20. The summed E-state index contributed by atoms with van der Waals surface area (Å²) in [7, 11) is 1.69. The summed E-state index contributed by atoms with van der Waals surface area (Å²) in [5.74, 6) is 1.39. The van der Waals surface area contributed by atoms with Gasteiger partial charge in [0, 0.05) is 19.1 Å². The Bertz CT molecular complexity index is 547. The van der Waals surface area contributed by atoms with Crippen LogP contribution in [0.25, 0.3) is 0 Å². The van der Waals surface area contributed by atoms with Gasteiger partial charge in [0.15, 0.2) is 0 Å². The molecule has 5 nitrogen and oxygen atoms in total. The van der Waals surface area contributed by atoms with E-state index in [0.717, 1.165) is 57.4 Å². The Balaban J connectivity index is 1.48. The fourth-order valence-corrected chi connectivity index (χ4v) is 3.80. The Morgan fingerprint density at radius 3 is 2.54 bits per heavy atom.